The average molecular weight is 309 g/mol. The topological polar surface area (TPSA) is 67.2 Å². The molecule has 0 aromatic heterocycles. The van der Waals surface area contributed by atoms with E-state index in [4.69, 9.17) is 0 Å². The van der Waals surface area contributed by atoms with E-state index in [0.717, 1.165) is 12.5 Å². The molecule has 1 aromatic rings. The number of nitrogens with zero attached hydrogens (tertiary/aromatic N) is 1. The van der Waals surface area contributed by atoms with Crippen molar-refractivity contribution >= 4 is 17.1 Å². The van der Waals surface area contributed by atoms with Gasteiger partial charge in [-0.3, -0.25) is 10.1 Å². The fourth-order valence-electron chi connectivity index (χ4n) is 1.49. The minimum Gasteiger partial charge on any atom is -0.385 e. The zero-order valence-corrected chi connectivity index (χ0v) is 11.2. The number of rotatable bonds is 8. The van der Waals surface area contributed by atoms with E-state index >= 15 is 0 Å². The highest BCUT2D eigenvalue weighted by atomic mass is 19.3. The Bertz CT molecular complexity index is 497. The summed E-state index contributed by atoms with van der Waals surface area (Å²) in [4.78, 5) is 10.1. The summed E-state index contributed by atoms with van der Waals surface area (Å²) >= 11 is 0. The molecular formula is C12H15F4N3O2. The Morgan fingerprint density at radius 2 is 1.81 bits per heavy atom. The summed E-state index contributed by atoms with van der Waals surface area (Å²) in [5.41, 5.74) is 0.0102. The quantitative estimate of drug-likeness (QED) is 0.436. The third-order valence-corrected chi connectivity index (χ3v) is 2.56. The molecule has 0 unspecified atom stereocenters. The number of hydrogen-bond acceptors (Lipinski definition) is 4. The van der Waals surface area contributed by atoms with Crippen molar-refractivity contribution in [3.05, 3.63) is 28.3 Å². The van der Waals surface area contributed by atoms with Crippen LogP contribution >= 0.6 is 0 Å². The Hall–Kier alpha value is -2.06. The van der Waals surface area contributed by atoms with E-state index in [-0.39, 0.29) is 11.4 Å². The smallest absolute Gasteiger partial charge is 0.324 e. The third-order valence-electron chi connectivity index (χ3n) is 2.56. The van der Waals surface area contributed by atoms with Gasteiger partial charge in [-0.1, -0.05) is 6.92 Å². The number of nitro benzene ring substituents is 1. The Balaban J connectivity index is 2.90. The van der Waals surface area contributed by atoms with Gasteiger partial charge in [-0.2, -0.15) is 8.78 Å². The molecule has 0 heterocycles. The molecule has 0 radical (unpaired) electrons. The van der Waals surface area contributed by atoms with Crippen molar-refractivity contribution in [1.82, 2.24) is 0 Å². The Labute approximate surface area is 118 Å². The average Bonchev–Trinajstić information content (AvgIpc) is 2.42. The monoisotopic (exact) mass is 309 g/mol. The van der Waals surface area contributed by atoms with Gasteiger partial charge in [-0.15, -0.1) is 0 Å². The fourth-order valence-corrected chi connectivity index (χ4v) is 1.49. The molecule has 21 heavy (non-hydrogen) atoms. The molecular weight excluding hydrogens is 294 g/mol. The fraction of sp³-hybridized carbons (Fsp3) is 0.500. The van der Waals surface area contributed by atoms with Crippen molar-refractivity contribution in [3.63, 3.8) is 0 Å². The van der Waals surface area contributed by atoms with E-state index in [1.165, 1.54) is 12.1 Å². The van der Waals surface area contributed by atoms with Gasteiger partial charge in [0.15, 0.2) is 0 Å². The molecule has 1 aromatic carbocycles. The first-order chi connectivity index (χ1) is 9.76. The van der Waals surface area contributed by atoms with Gasteiger partial charge in [0.25, 0.3) is 5.69 Å². The molecule has 0 saturated heterocycles. The van der Waals surface area contributed by atoms with Crippen molar-refractivity contribution in [2.75, 3.05) is 23.7 Å². The number of benzene rings is 1. The number of halogens is 4. The minimum absolute atomic E-state index is 0.0249. The Morgan fingerprint density at radius 3 is 2.29 bits per heavy atom. The Kier molecular flexibility index (Phi) is 5.74. The van der Waals surface area contributed by atoms with Gasteiger partial charge in [0.05, 0.1) is 11.5 Å². The minimum atomic E-state index is -4.21. The number of non-ortho nitro benzene ring substituents is 1. The first-order valence-corrected chi connectivity index (χ1v) is 6.19. The van der Waals surface area contributed by atoms with Crippen molar-refractivity contribution in [3.8, 4) is 0 Å². The third kappa shape index (κ3) is 5.09. The molecule has 0 bridgehead atoms. The van der Waals surface area contributed by atoms with E-state index in [9.17, 15) is 27.7 Å². The van der Waals surface area contributed by atoms with Crippen molar-refractivity contribution in [2.45, 2.75) is 25.7 Å². The second-order valence-electron chi connectivity index (χ2n) is 4.37. The summed E-state index contributed by atoms with van der Waals surface area (Å²) < 4.78 is 49.8. The molecule has 0 amide bonds. The molecule has 0 aliphatic carbocycles. The van der Waals surface area contributed by atoms with Gasteiger partial charge >= 0.3 is 12.3 Å². The van der Waals surface area contributed by atoms with Crippen LogP contribution in [0.1, 0.15) is 13.3 Å². The largest absolute Gasteiger partial charge is 0.385 e. The van der Waals surface area contributed by atoms with Gasteiger partial charge in [0, 0.05) is 30.1 Å². The van der Waals surface area contributed by atoms with Gasteiger partial charge in [-0.25, -0.2) is 8.78 Å². The molecule has 5 nitrogen and oxygen atoms in total. The molecule has 0 aliphatic heterocycles. The van der Waals surface area contributed by atoms with Crippen LogP contribution in [-0.4, -0.2) is 30.4 Å². The molecule has 1 rings (SSSR count). The summed E-state index contributed by atoms with van der Waals surface area (Å²) in [6.45, 7) is 1.11. The number of nitrogens with one attached hydrogen (secondary N) is 2. The van der Waals surface area contributed by atoms with Crippen LogP contribution in [0.4, 0.5) is 34.6 Å². The maximum Gasteiger partial charge on any atom is 0.324 e. The van der Waals surface area contributed by atoms with Gasteiger partial charge < -0.3 is 10.6 Å². The number of nitro groups is 1. The van der Waals surface area contributed by atoms with Crippen LogP contribution in [0.3, 0.4) is 0 Å². The molecule has 0 fully saturated rings. The SMILES string of the molecule is CCCNc1cc(NCC(F)(F)C(F)F)cc([N+](=O)[O-])c1. The standard InChI is InChI=1S/C12H15F4N3O2/c1-2-3-17-8-4-9(6-10(5-8)19(20)21)18-7-12(15,16)11(13)14/h4-6,11,17-18H,2-3,7H2,1H3. The van der Waals surface area contributed by atoms with E-state index < -0.39 is 23.8 Å². The van der Waals surface area contributed by atoms with Crippen molar-refractivity contribution < 1.29 is 22.5 Å². The number of alkyl halides is 4. The molecule has 2 N–H and O–H groups in total. The zero-order valence-electron chi connectivity index (χ0n) is 11.2. The highest BCUT2D eigenvalue weighted by Gasteiger charge is 2.40. The lowest BCUT2D eigenvalue weighted by molar-refractivity contribution is -0.384. The predicted molar refractivity (Wildman–Crippen MR) is 71.3 cm³/mol. The van der Waals surface area contributed by atoms with E-state index in [0.29, 0.717) is 12.2 Å². The first kappa shape index (κ1) is 17.0. The van der Waals surface area contributed by atoms with Gasteiger partial charge in [-0.05, 0) is 12.5 Å². The lowest BCUT2D eigenvalue weighted by atomic mass is 10.2. The lowest BCUT2D eigenvalue weighted by Crippen LogP contribution is -2.34. The maximum atomic E-state index is 12.8. The normalized spacial score (nSPS) is 11.5. The highest BCUT2D eigenvalue weighted by molar-refractivity contribution is 5.63. The lowest BCUT2D eigenvalue weighted by Gasteiger charge is -2.17. The van der Waals surface area contributed by atoms with E-state index in [2.05, 4.69) is 10.6 Å². The van der Waals surface area contributed by atoms with E-state index in [1.54, 1.807) is 0 Å². The van der Waals surface area contributed by atoms with Crippen LogP contribution in [0.2, 0.25) is 0 Å². The molecule has 0 saturated carbocycles. The van der Waals surface area contributed by atoms with Gasteiger partial charge in [0.2, 0.25) is 0 Å². The highest BCUT2D eigenvalue weighted by Crippen LogP contribution is 2.27. The van der Waals surface area contributed by atoms with Crippen molar-refractivity contribution in [1.29, 1.82) is 0 Å². The van der Waals surface area contributed by atoms with Crippen molar-refractivity contribution in [2.24, 2.45) is 0 Å². The summed E-state index contributed by atoms with van der Waals surface area (Å²) in [5.74, 6) is -4.21. The van der Waals surface area contributed by atoms with Crippen LogP contribution in [0.15, 0.2) is 18.2 Å². The summed E-state index contributed by atoms with van der Waals surface area (Å²) in [6.07, 6.45) is -3.05. The predicted octanol–water partition coefficient (Wildman–Crippen LogP) is 3.73. The van der Waals surface area contributed by atoms with E-state index in [1.807, 2.05) is 6.92 Å². The molecule has 118 valence electrons. The first-order valence-electron chi connectivity index (χ1n) is 6.19. The second kappa shape index (κ2) is 7.09. The molecule has 0 spiro atoms. The number of anilines is 2. The second-order valence-corrected chi connectivity index (χ2v) is 4.37. The molecule has 0 atom stereocenters. The van der Waals surface area contributed by atoms with Crippen LogP contribution in [-0.2, 0) is 0 Å². The maximum absolute atomic E-state index is 12.8. The molecule has 9 heteroatoms. The van der Waals surface area contributed by atoms with Gasteiger partial charge in [0.1, 0.15) is 0 Å². The molecule has 0 aliphatic rings. The number of hydrogen-bond donors (Lipinski definition) is 2. The summed E-state index contributed by atoms with van der Waals surface area (Å²) in [7, 11) is 0. The van der Waals surface area contributed by atoms with Crippen LogP contribution in [0.5, 0.6) is 0 Å². The Morgan fingerprint density at radius 1 is 1.24 bits per heavy atom. The van der Waals surface area contributed by atoms with Crippen LogP contribution < -0.4 is 10.6 Å². The summed E-state index contributed by atoms with van der Waals surface area (Å²) in [6, 6.07) is 3.61. The zero-order chi connectivity index (χ0) is 16.0. The van der Waals surface area contributed by atoms with Crippen LogP contribution in [0.25, 0.3) is 0 Å². The summed E-state index contributed by atoms with van der Waals surface area (Å²) in [5, 5.41) is 15.7. The van der Waals surface area contributed by atoms with Crippen LogP contribution in [0, 0.1) is 10.1 Å².